The van der Waals surface area contributed by atoms with Gasteiger partial charge in [0.25, 0.3) is 5.56 Å². The van der Waals surface area contributed by atoms with Gasteiger partial charge in [-0.2, -0.15) is 0 Å². The zero-order chi connectivity index (χ0) is 13.0. The molecule has 1 aromatic rings. The van der Waals surface area contributed by atoms with Gasteiger partial charge in [-0.25, -0.2) is 4.98 Å². The van der Waals surface area contributed by atoms with Crippen LogP contribution in [0.2, 0.25) is 0 Å². The minimum Gasteiger partial charge on any atom is -0.367 e. The summed E-state index contributed by atoms with van der Waals surface area (Å²) in [6, 6.07) is 1.67. The predicted octanol–water partition coefficient (Wildman–Crippen LogP) is 1.29. The molecule has 0 aliphatic carbocycles. The molecule has 17 heavy (non-hydrogen) atoms. The maximum absolute atomic E-state index is 11.5. The van der Waals surface area contributed by atoms with Crippen LogP contribution in [0.15, 0.2) is 10.9 Å². The van der Waals surface area contributed by atoms with Gasteiger partial charge in [-0.1, -0.05) is 20.8 Å². The second-order valence-electron chi connectivity index (χ2n) is 4.82. The van der Waals surface area contributed by atoms with E-state index in [4.69, 9.17) is 5.73 Å². The molecule has 0 spiro atoms. The Balaban J connectivity index is 2.88. The smallest absolute Gasteiger partial charge is 0.252 e. The summed E-state index contributed by atoms with van der Waals surface area (Å²) >= 11 is 0. The van der Waals surface area contributed by atoms with Crippen LogP contribution in [0.4, 0.5) is 5.82 Å². The molecular weight excluding hydrogens is 216 g/mol. The van der Waals surface area contributed by atoms with E-state index >= 15 is 0 Å². The van der Waals surface area contributed by atoms with E-state index in [1.807, 2.05) is 20.8 Å². The van der Waals surface area contributed by atoms with E-state index in [9.17, 15) is 4.79 Å². The van der Waals surface area contributed by atoms with E-state index in [1.165, 1.54) is 6.07 Å². The minimum absolute atomic E-state index is 0.126. The monoisotopic (exact) mass is 238 g/mol. The zero-order valence-corrected chi connectivity index (χ0v) is 10.9. The van der Waals surface area contributed by atoms with Gasteiger partial charge < -0.3 is 16.0 Å². The Morgan fingerprint density at radius 1 is 1.41 bits per heavy atom. The first-order valence-corrected chi connectivity index (χ1v) is 6.02. The Hall–Kier alpha value is -1.36. The Bertz CT molecular complexity index is 413. The number of aromatic nitrogens is 2. The second-order valence-corrected chi connectivity index (χ2v) is 4.82. The van der Waals surface area contributed by atoms with Gasteiger partial charge in [0.2, 0.25) is 0 Å². The molecule has 0 fully saturated rings. The fraction of sp³-hybridized carbons (Fsp3) is 0.667. The highest BCUT2D eigenvalue weighted by Gasteiger charge is 2.12. The average Bonchev–Trinajstić information content (AvgIpc) is 2.26. The van der Waals surface area contributed by atoms with E-state index in [-0.39, 0.29) is 17.5 Å². The number of nitrogens with zero attached hydrogens (tertiary/aromatic N) is 1. The minimum atomic E-state index is -0.126. The van der Waals surface area contributed by atoms with Crippen LogP contribution in [-0.4, -0.2) is 22.6 Å². The summed E-state index contributed by atoms with van der Waals surface area (Å²) in [6.45, 7) is 8.69. The van der Waals surface area contributed by atoms with Crippen molar-refractivity contribution in [2.45, 2.75) is 39.7 Å². The van der Waals surface area contributed by atoms with Crippen LogP contribution in [0.3, 0.4) is 0 Å². The fourth-order valence-electron chi connectivity index (χ4n) is 1.40. The predicted molar refractivity (Wildman–Crippen MR) is 70.2 cm³/mol. The number of aromatic amines is 1. The third kappa shape index (κ3) is 3.85. The van der Waals surface area contributed by atoms with Crippen LogP contribution in [0.1, 0.15) is 39.4 Å². The van der Waals surface area contributed by atoms with Crippen molar-refractivity contribution in [3.05, 3.63) is 22.2 Å². The van der Waals surface area contributed by atoms with Crippen LogP contribution in [-0.2, 0) is 0 Å². The summed E-state index contributed by atoms with van der Waals surface area (Å²) in [4.78, 5) is 18.6. The molecule has 0 bridgehead atoms. The van der Waals surface area contributed by atoms with E-state index in [2.05, 4.69) is 22.2 Å². The maximum atomic E-state index is 11.5. The lowest BCUT2D eigenvalue weighted by molar-refractivity contribution is 0.519. The molecule has 96 valence electrons. The van der Waals surface area contributed by atoms with Gasteiger partial charge in [-0.05, 0) is 19.4 Å². The van der Waals surface area contributed by atoms with E-state index < -0.39 is 0 Å². The highest BCUT2D eigenvalue weighted by molar-refractivity contribution is 5.34. The maximum Gasteiger partial charge on any atom is 0.252 e. The van der Waals surface area contributed by atoms with Gasteiger partial charge in [0.15, 0.2) is 0 Å². The molecule has 0 aromatic carbocycles. The molecule has 0 saturated heterocycles. The van der Waals surface area contributed by atoms with Crippen molar-refractivity contribution in [3.8, 4) is 0 Å². The summed E-state index contributed by atoms with van der Waals surface area (Å²) in [5.74, 6) is 1.85. The topological polar surface area (TPSA) is 83.8 Å². The molecule has 4 N–H and O–H groups in total. The molecule has 0 aliphatic heterocycles. The molecule has 1 rings (SSSR count). The molecule has 0 aliphatic rings. The lowest BCUT2D eigenvalue weighted by Crippen LogP contribution is -2.30. The number of H-pyrrole nitrogens is 1. The van der Waals surface area contributed by atoms with Crippen LogP contribution >= 0.6 is 0 Å². The quantitative estimate of drug-likeness (QED) is 0.721. The normalized spacial score (nSPS) is 14.7. The molecule has 0 saturated carbocycles. The molecule has 0 radical (unpaired) electrons. The number of anilines is 1. The Kier molecular flexibility index (Phi) is 4.69. The third-order valence-corrected chi connectivity index (χ3v) is 2.91. The summed E-state index contributed by atoms with van der Waals surface area (Å²) < 4.78 is 0. The van der Waals surface area contributed by atoms with Crippen molar-refractivity contribution >= 4 is 5.82 Å². The molecule has 5 nitrogen and oxygen atoms in total. The van der Waals surface area contributed by atoms with Crippen molar-refractivity contribution in [3.63, 3.8) is 0 Å². The van der Waals surface area contributed by atoms with Crippen molar-refractivity contribution in [2.24, 2.45) is 11.7 Å². The van der Waals surface area contributed by atoms with Gasteiger partial charge in [-0.15, -0.1) is 0 Å². The van der Waals surface area contributed by atoms with Crippen molar-refractivity contribution in [1.82, 2.24) is 9.97 Å². The number of rotatable bonds is 5. The van der Waals surface area contributed by atoms with Gasteiger partial charge in [0.1, 0.15) is 11.6 Å². The number of nitrogens with two attached hydrogens (primary N) is 1. The first-order chi connectivity index (χ1) is 7.93. The number of hydrogen-bond acceptors (Lipinski definition) is 4. The Morgan fingerprint density at radius 2 is 2.06 bits per heavy atom. The summed E-state index contributed by atoms with van der Waals surface area (Å²) in [7, 11) is 0. The van der Waals surface area contributed by atoms with Crippen molar-refractivity contribution in [2.75, 3.05) is 11.9 Å². The molecule has 5 heteroatoms. The standard InChI is InChI=1S/C12H22N4O/c1-7(2)12-15-10(5-11(17)16-12)14-9(4)8(3)6-13/h5,7-9H,6,13H2,1-4H3,(H2,14,15,16,17). The van der Waals surface area contributed by atoms with Gasteiger partial charge >= 0.3 is 0 Å². The van der Waals surface area contributed by atoms with E-state index in [0.29, 0.717) is 24.1 Å². The molecule has 2 unspecified atom stereocenters. The van der Waals surface area contributed by atoms with Crippen LogP contribution < -0.4 is 16.6 Å². The van der Waals surface area contributed by atoms with Gasteiger partial charge in [0, 0.05) is 18.0 Å². The Labute approximate surface area is 102 Å². The van der Waals surface area contributed by atoms with Gasteiger partial charge in [-0.3, -0.25) is 4.79 Å². The van der Waals surface area contributed by atoms with Crippen LogP contribution in [0.5, 0.6) is 0 Å². The first kappa shape index (κ1) is 13.7. The summed E-state index contributed by atoms with van der Waals surface area (Å²) in [5.41, 5.74) is 5.48. The van der Waals surface area contributed by atoms with E-state index in [0.717, 1.165) is 0 Å². The summed E-state index contributed by atoms with van der Waals surface area (Å²) in [6.07, 6.45) is 0. The average molecular weight is 238 g/mol. The fourth-order valence-corrected chi connectivity index (χ4v) is 1.40. The molecule has 1 heterocycles. The van der Waals surface area contributed by atoms with Crippen LogP contribution in [0.25, 0.3) is 0 Å². The largest absolute Gasteiger partial charge is 0.367 e. The number of nitrogens with one attached hydrogen (secondary N) is 2. The lowest BCUT2D eigenvalue weighted by Gasteiger charge is -2.20. The zero-order valence-electron chi connectivity index (χ0n) is 10.9. The Morgan fingerprint density at radius 3 is 2.59 bits per heavy atom. The molecular formula is C12H22N4O. The van der Waals surface area contributed by atoms with Crippen molar-refractivity contribution < 1.29 is 0 Å². The second kappa shape index (κ2) is 5.82. The van der Waals surface area contributed by atoms with Crippen LogP contribution in [0, 0.1) is 5.92 Å². The molecule has 1 aromatic heterocycles. The lowest BCUT2D eigenvalue weighted by atomic mass is 10.0. The molecule has 2 atom stereocenters. The van der Waals surface area contributed by atoms with Crippen molar-refractivity contribution in [1.29, 1.82) is 0 Å². The van der Waals surface area contributed by atoms with E-state index in [1.54, 1.807) is 0 Å². The molecule has 0 amide bonds. The number of hydrogen-bond donors (Lipinski definition) is 3. The SMILES string of the molecule is CC(C)c1nc(NC(C)C(C)CN)cc(=O)[nH]1. The summed E-state index contributed by atoms with van der Waals surface area (Å²) in [5, 5.41) is 3.22. The highest BCUT2D eigenvalue weighted by atomic mass is 16.1. The van der Waals surface area contributed by atoms with Gasteiger partial charge in [0.05, 0.1) is 0 Å². The highest BCUT2D eigenvalue weighted by Crippen LogP contribution is 2.11. The third-order valence-electron chi connectivity index (χ3n) is 2.91. The first-order valence-electron chi connectivity index (χ1n) is 6.02.